The second kappa shape index (κ2) is 3.14. The molecule has 1 aliphatic rings. The van der Waals surface area contributed by atoms with Crippen LogP contribution in [0, 0.1) is 0 Å². The molecule has 0 saturated carbocycles. The molecule has 2 rings (SSSR count). The number of rotatable bonds is 2. The third kappa shape index (κ3) is 1.37. The van der Waals surface area contributed by atoms with Crippen LogP contribution in [0.25, 0.3) is 0 Å². The largest absolute Gasteiger partial charge is 0.334 e. The molecular formula is C10H17N3. The lowest BCUT2D eigenvalue weighted by Crippen LogP contribution is -2.36. The maximum Gasteiger partial charge on any atom is 0.128 e. The van der Waals surface area contributed by atoms with Crippen LogP contribution in [0.2, 0.25) is 0 Å². The Labute approximate surface area is 79.2 Å². The molecular weight excluding hydrogens is 162 g/mol. The van der Waals surface area contributed by atoms with Gasteiger partial charge in [-0.3, -0.25) is 0 Å². The lowest BCUT2D eigenvalue weighted by Gasteiger charge is -2.24. The zero-order valence-corrected chi connectivity index (χ0v) is 8.38. The molecule has 1 aromatic rings. The maximum atomic E-state index is 4.44. The molecule has 1 unspecified atom stereocenters. The van der Waals surface area contributed by atoms with Gasteiger partial charge in [-0.15, -0.1) is 0 Å². The normalized spacial score (nSPS) is 28.2. The highest BCUT2D eigenvalue weighted by atomic mass is 15.1. The number of aromatic nitrogens is 2. The smallest absolute Gasteiger partial charge is 0.128 e. The average Bonchev–Trinajstić information content (AvgIpc) is 2.72. The van der Waals surface area contributed by atoms with Crippen molar-refractivity contribution in [1.29, 1.82) is 0 Å². The molecule has 0 aliphatic carbocycles. The molecule has 0 spiro atoms. The lowest BCUT2D eigenvalue weighted by molar-refractivity contribution is 0.388. The summed E-state index contributed by atoms with van der Waals surface area (Å²) in [6, 6.07) is 0. The molecule has 2 heterocycles. The Bertz CT molecular complexity index is 284. The van der Waals surface area contributed by atoms with Gasteiger partial charge in [0.05, 0.1) is 5.54 Å². The standard InChI is InChI=1S/C10H17N3/c1-3-13-8-7-11-9(13)10(2)5-4-6-12-10/h7-8,12H,3-6H2,1-2H3. The summed E-state index contributed by atoms with van der Waals surface area (Å²) in [7, 11) is 0. The van der Waals surface area contributed by atoms with Gasteiger partial charge in [-0.2, -0.15) is 0 Å². The predicted molar refractivity (Wildman–Crippen MR) is 52.5 cm³/mol. The van der Waals surface area contributed by atoms with Crippen LogP contribution in [-0.4, -0.2) is 16.1 Å². The number of nitrogens with one attached hydrogen (secondary N) is 1. The Morgan fingerprint density at radius 2 is 2.54 bits per heavy atom. The van der Waals surface area contributed by atoms with E-state index in [1.165, 1.54) is 18.7 Å². The fourth-order valence-corrected chi connectivity index (χ4v) is 2.13. The summed E-state index contributed by atoms with van der Waals surface area (Å²) in [6.45, 7) is 6.53. The molecule has 13 heavy (non-hydrogen) atoms. The van der Waals surface area contributed by atoms with E-state index in [2.05, 4.69) is 34.9 Å². The van der Waals surface area contributed by atoms with Crippen molar-refractivity contribution in [3.63, 3.8) is 0 Å². The molecule has 72 valence electrons. The van der Waals surface area contributed by atoms with Gasteiger partial charge in [0.15, 0.2) is 0 Å². The molecule has 3 heteroatoms. The first-order valence-corrected chi connectivity index (χ1v) is 5.03. The van der Waals surface area contributed by atoms with Gasteiger partial charge in [-0.1, -0.05) is 0 Å². The highest BCUT2D eigenvalue weighted by molar-refractivity contribution is 5.09. The van der Waals surface area contributed by atoms with E-state index in [0.29, 0.717) is 0 Å². The van der Waals surface area contributed by atoms with Gasteiger partial charge in [-0.05, 0) is 33.2 Å². The molecule has 0 amide bonds. The van der Waals surface area contributed by atoms with Gasteiger partial charge in [0.1, 0.15) is 5.82 Å². The Morgan fingerprint density at radius 3 is 3.15 bits per heavy atom. The van der Waals surface area contributed by atoms with Crippen LogP contribution in [0.1, 0.15) is 32.5 Å². The first-order chi connectivity index (χ1) is 6.26. The van der Waals surface area contributed by atoms with Gasteiger partial charge in [0.2, 0.25) is 0 Å². The third-order valence-corrected chi connectivity index (χ3v) is 2.92. The monoisotopic (exact) mass is 179 g/mol. The highest BCUT2D eigenvalue weighted by Gasteiger charge is 2.33. The predicted octanol–water partition coefficient (Wildman–Crippen LogP) is 1.50. The number of hydrogen-bond donors (Lipinski definition) is 1. The van der Waals surface area contributed by atoms with Crippen molar-refractivity contribution < 1.29 is 0 Å². The summed E-state index contributed by atoms with van der Waals surface area (Å²) in [5.41, 5.74) is 0.111. The molecule has 1 saturated heterocycles. The van der Waals surface area contributed by atoms with E-state index in [9.17, 15) is 0 Å². The van der Waals surface area contributed by atoms with Crippen molar-refractivity contribution in [2.24, 2.45) is 0 Å². The van der Waals surface area contributed by atoms with Crippen molar-refractivity contribution >= 4 is 0 Å². The minimum absolute atomic E-state index is 0.111. The van der Waals surface area contributed by atoms with Crippen LogP contribution >= 0.6 is 0 Å². The number of nitrogens with zero attached hydrogens (tertiary/aromatic N) is 2. The highest BCUT2D eigenvalue weighted by Crippen LogP contribution is 2.28. The second-order valence-corrected chi connectivity index (χ2v) is 3.90. The van der Waals surface area contributed by atoms with E-state index in [-0.39, 0.29) is 5.54 Å². The van der Waals surface area contributed by atoms with Gasteiger partial charge in [-0.25, -0.2) is 4.98 Å². The number of aryl methyl sites for hydroxylation is 1. The quantitative estimate of drug-likeness (QED) is 0.745. The van der Waals surface area contributed by atoms with E-state index in [1.807, 2.05) is 6.20 Å². The van der Waals surface area contributed by atoms with E-state index < -0.39 is 0 Å². The van der Waals surface area contributed by atoms with Crippen molar-refractivity contribution in [2.45, 2.75) is 38.8 Å². The Morgan fingerprint density at radius 1 is 1.69 bits per heavy atom. The SMILES string of the molecule is CCn1ccnc1C1(C)CCCN1. The van der Waals surface area contributed by atoms with E-state index in [1.54, 1.807) is 0 Å². The zero-order chi connectivity index (χ0) is 9.31. The zero-order valence-electron chi connectivity index (χ0n) is 8.38. The van der Waals surface area contributed by atoms with Crippen molar-refractivity contribution in [2.75, 3.05) is 6.54 Å². The molecule has 1 N–H and O–H groups in total. The number of imidazole rings is 1. The first kappa shape index (κ1) is 8.75. The summed E-state index contributed by atoms with van der Waals surface area (Å²) in [6.07, 6.45) is 6.40. The fourth-order valence-electron chi connectivity index (χ4n) is 2.13. The number of hydrogen-bond acceptors (Lipinski definition) is 2. The molecule has 0 radical (unpaired) electrons. The van der Waals surface area contributed by atoms with Gasteiger partial charge < -0.3 is 9.88 Å². The van der Waals surface area contributed by atoms with E-state index in [4.69, 9.17) is 0 Å². The molecule has 1 aliphatic heterocycles. The lowest BCUT2D eigenvalue weighted by atomic mass is 9.99. The van der Waals surface area contributed by atoms with Crippen molar-refractivity contribution in [3.8, 4) is 0 Å². The topological polar surface area (TPSA) is 29.9 Å². The third-order valence-electron chi connectivity index (χ3n) is 2.92. The second-order valence-electron chi connectivity index (χ2n) is 3.90. The van der Waals surface area contributed by atoms with Crippen LogP contribution < -0.4 is 5.32 Å². The van der Waals surface area contributed by atoms with E-state index >= 15 is 0 Å². The summed E-state index contributed by atoms with van der Waals surface area (Å²) in [5.74, 6) is 1.19. The van der Waals surface area contributed by atoms with Crippen LogP contribution in [-0.2, 0) is 12.1 Å². The summed E-state index contributed by atoms with van der Waals surface area (Å²) >= 11 is 0. The molecule has 3 nitrogen and oxygen atoms in total. The van der Waals surface area contributed by atoms with Gasteiger partial charge in [0, 0.05) is 18.9 Å². The Hall–Kier alpha value is -0.830. The fraction of sp³-hybridized carbons (Fsp3) is 0.700. The van der Waals surface area contributed by atoms with Crippen molar-refractivity contribution in [3.05, 3.63) is 18.2 Å². The van der Waals surface area contributed by atoms with Crippen LogP contribution in [0.3, 0.4) is 0 Å². The van der Waals surface area contributed by atoms with Crippen LogP contribution in [0.4, 0.5) is 0 Å². The minimum atomic E-state index is 0.111. The molecule has 1 atom stereocenters. The molecule has 0 aromatic carbocycles. The Balaban J connectivity index is 2.32. The van der Waals surface area contributed by atoms with Crippen molar-refractivity contribution in [1.82, 2.24) is 14.9 Å². The molecule has 1 fully saturated rings. The average molecular weight is 179 g/mol. The van der Waals surface area contributed by atoms with E-state index in [0.717, 1.165) is 13.1 Å². The maximum absolute atomic E-state index is 4.44. The summed E-state index contributed by atoms with van der Waals surface area (Å²) in [4.78, 5) is 4.44. The minimum Gasteiger partial charge on any atom is -0.334 e. The first-order valence-electron chi connectivity index (χ1n) is 5.03. The van der Waals surface area contributed by atoms with Gasteiger partial charge in [0.25, 0.3) is 0 Å². The Kier molecular flexibility index (Phi) is 2.12. The summed E-state index contributed by atoms with van der Waals surface area (Å²) < 4.78 is 2.22. The van der Waals surface area contributed by atoms with Crippen LogP contribution in [0.15, 0.2) is 12.4 Å². The summed E-state index contributed by atoms with van der Waals surface area (Å²) in [5, 5.41) is 3.53. The molecule has 1 aromatic heterocycles. The van der Waals surface area contributed by atoms with Gasteiger partial charge >= 0.3 is 0 Å². The molecule has 0 bridgehead atoms. The van der Waals surface area contributed by atoms with Crippen LogP contribution in [0.5, 0.6) is 0 Å².